The maximum absolute atomic E-state index is 13.8. The number of hydrogen-bond acceptors (Lipinski definition) is 5. The zero-order chi connectivity index (χ0) is 18.8. The fourth-order valence-electron chi connectivity index (χ4n) is 2.93. The zero-order valence-corrected chi connectivity index (χ0v) is 15.9. The van der Waals surface area contributed by atoms with Crippen LogP contribution in [-0.4, -0.2) is 29.0 Å². The number of aromatic nitrogens is 2. The third-order valence-corrected chi connectivity index (χ3v) is 5.47. The molecular weight excluding hydrogens is 387 g/mol. The molecule has 0 unspecified atom stereocenters. The monoisotopic (exact) mass is 402 g/mol. The maximum Gasteiger partial charge on any atom is 0.275 e. The van der Waals surface area contributed by atoms with E-state index >= 15 is 0 Å². The number of amides is 1. The minimum absolute atomic E-state index is 0.0654. The second-order valence-electron chi connectivity index (χ2n) is 6.22. The van der Waals surface area contributed by atoms with Crippen LogP contribution < -0.4 is 10.2 Å². The van der Waals surface area contributed by atoms with Crippen molar-refractivity contribution in [3.8, 4) is 10.6 Å². The smallest absolute Gasteiger partial charge is 0.275 e. The average molecular weight is 403 g/mol. The molecule has 0 saturated carbocycles. The lowest BCUT2D eigenvalue weighted by atomic mass is 10.3. The minimum atomic E-state index is -0.590. The van der Waals surface area contributed by atoms with E-state index in [0.29, 0.717) is 5.01 Å². The number of benzene rings is 1. The van der Waals surface area contributed by atoms with Crippen molar-refractivity contribution >= 4 is 40.4 Å². The summed E-state index contributed by atoms with van der Waals surface area (Å²) in [5.74, 6) is -0.0997. The molecule has 1 fully saturated rings. The van der Waals surface area contributed by atoms with Gasteiger partial charge in [0.25, 0.3) is 5.91 Å². The molecule has 138 valence electrons. The average Bonchev–Trinajstić information content (AvgIpc) is 3.36. The maximum atomic E-state index is 13.8. The molecule has 1 aliphatic rings. The van der Waals surface area contributed by atoms with Crippen molar-refractivity contribution < 1.29 is 9.18 Å². The predicted molar refractivity (Wildman–Crippen MR) is 106 cm³/mol. The van der Waals surface area contributed by atoms with Crippen molar-refractivity contribution in [2.24, 2.45) is 0 Å². The number of nitrogens with zero attached hydrogens (tertiary/aromatic N) is 3. The van der Waals surface area contributed by atoms with Gasteiger partial charge in [0.15, 0.2) is 0 Å². The van der Waals surface area contributed by atoms with Gasteiger partial charge in [0.2, 0.25) is 0 Å². The van der Waals surface area contributed by atoms with Crippen molar-refractivity contribution in [2.45, 2.75) is 12.8 Å². The van der Waals surface area contributed by atoms with Gasteiger partial charge in [-0.2, -0.15) is 0 Å². The summed E-state index contributed by atoms with van der Waals surface area (Å²) < 4.78 is 13.8. The van der Waals surface area contributed by atoms with E-state index in [1.807, 2.05) is 12.1 Å². The molecule has 1 amide bonds. The van der Waals surface area contributed by atoms with Crippen molar-refractivity contribution in [3.63, 3.8) is 0 Å². The molecule has 0 bridgehead atoms. The van der Waals surface area contributed by atoms with Gasteiger partial charge in [-0.15, -0.1) is 11.3 Å². The molecule has 4 rings (SSSR count). The summed E-state index contributed by atoms with van der Waals surface area (Å²) in [6, 6.07) is 8.02. The molecule has 0 atom stereocenters. The highest BCUT2D eigenvalue weighted by atomic mass is 35.5. The molecule has 3 aromatic rings. The molecule has 3 heterocycles. The number of carbonyl (C=O) groups excluding carboxylic acids is 1. The van der Waals surface area contributed by atoms with Gasteiger partial charge in [-0.3, -0.25) is 4.79 Å². The lowest BCUT2D eigenvalue weighted by Gasteiger charge is -2.15. The Labute approximate surface area is 164 Å². The molecule has 0 radical (unpaired) electrons. The number of anilines is 2. The van der Waals surface area contributed by atoms with Gasteiger partial charge in [-0.05, 0) is 43.2 Å². The van der Waals surface area contributed by atoms with Crippen LogP contribution in [0.2, 0.25) is 5.02 Å². The topological polar surface area (TPSA) is 58.1 Å². The molecule has 1 saturated heterocycles. The van der Waals surface area contributed by atoms with E-state index < -0.39 is 11.7 Å². The molecule has 27 heavy (non-hydrogen) atoms. The molecule has 0 spiro atoms. The molecule has 8 heteroatoms. The first-order valence-corrected chi connectivity index (χ1v) is 9.79. The van der Waals surface area contributed by atoms with E-state index in [-0.39, 0.29) is 16.4 Å². The van der Waals surface area contributed by atoms with Crippen LogP contribution in [0.25, 0.3) is 10.6 Å². The van der Waals surface area contributed by atoms with Crippen LogP contribution in [0.3, 0.4) is 0 Å². The number of halogens is 2. The number of rotatable bonds is 4. The summed E-state index contributed by atoms with van der Waals surface area (Å²) in [6.07, 6.45) is 4.16. The summed E-state index contributed by atoms with van der Waals surface area (Å²) in [7, 11) is 0. The van der Waals surface area contributed by atoms with Crippen LogP contribution in [0.4, 0.5) is 15.9 Å². The van der Waals surface area contributed by atoms with E-state index in [0.717, 1.165) is 30.5 Å². The third kappa shape index (κ3) is 3.94. The summed E-state index contributed by atoms with van der Waals surface area (Å²) in [6.45, 7) is 2.07. The number of pyridine rings is 1. The first-order valence-electron chi connectivity index (χ1n) is 8.53. The number of carbonyl (C=O) groups is 1. The Morgan fingerprint density at radius 1 is 1.22 bits per heavy atom. The second kappa shape index (κ2) is 7.62. The number of hydrogen-bond donors (Lipinski definition) is 1. The molecule has 1 aliphatic heterocycles. The lowest BCUT2D eigenvalue weighted by Crippen LogP contribution is -2.18. The Morgan fingerprint density at radius 3 is 2.74 bits per heavy atom. The lowest BCUT2D eigenvalue weighted by molar-refractivity contribution is 0.102. The number of thiazole rings is 1. The fraction of sp³-hybridized carbons (Fsp3) is 0.211. The Bertz CT molecular complexity index is 970. The summed E-state index contributed by atoms with van der Waals surface area (Å²) in [5.41, 5.74) is 1.14. The largest absolute Gasteiger partial charge is 0.357 e. The highest BCUT2D eigenvalue weighted by molar-refractivity contribution is 7.13. The van der Waals surface area contributed by atoms with Crippen LogP contribution in [0, 0.1) is 5.82 Å². The summed E-state index contributed by atoms with van der Waals surface area (Å²) in [5, 5.41) is 5.12. The zero-order valence-electron chi connectivity index (χ0n) is 14.3. The Morgan fingerprint density at radius 2 is 2.04 bits per heavy atom. The first-order chi connectivity index (χ1) is 13.1. The molecule has 1 N–H and O–H groups in total. The van der Waals surface area contributed by atoms with Crippen molar-refractivity contribution in [1.82, 2.24) is 9.97 Å². The fourth-order valence-corrected chi connectivity index (χ4v) is 3.88. The van der Waals surface area contributed by atoms with E-state index in [1.165, 1.54) is 36.3 Å². The normalized spacial score (nSPS) is 13.8. The Balaban J connectivity index is 1.48. The SMILES string of the molecule is O=C(Nc1ccc(Cl)cc1F)c1csc(-c2ccc(N3CCCC3)nc2)n1. The van der Waals surface area contributed by atoms with Crippen molar-refractivity contribution in [2.75, 3.05) is 23.3 Å². The number of nitrogens with one attached hydrogen (secondary N) is 1. The van der Waals surface area contributed by atoms with Gasteiger partial charge >= 0.3 is 0 Å². The molecule has 2 aromatic heterocycles. The molecule has 0 aliphatic carbocycles. The first kappa shape index (κ1) is 17.9. The van der Waals surface area contributed by atoms with Gasteiger partial charge in [0.05, 0.1) is 5.69 Å². The van der Waals surface area contributed by atoms with E-state index in [9.17, 15) is 9.18 Å². The van der Waals surface area contributed by atoms with Gasteiger partial charge in [0, 0.05) is 35.3 Å². The van der Waals surface area contributed by atoms with Crippen LogP contribution in [0.1, 0.15) is 23.3 Å². The van der Waals surface area contributed by atoms with Crippen LogP contribution in [0.5, 0.6) is 0 Å². The van der Waals surface area contributed by atoms with Crippen LogP contribution >= 0.6 is 22.9 Å². The van der Waals surface area contributed by atoms with Gasteiger partial charge in [0.1, 0.15) is 22.3 Å². The van der Waals surface area contributed by atoms with Crippen LogP contribution in [-0.2, 0) is 0 Å². The summed E-state index contributed by atoms with van der Waals surface area (Å²) >= 11 is 7.07. The van der Waals surface area contributed by atoms with E-state index in [4.69, 9.17) is 11.6 Å². The summed E-state index contributed by atoms with van der Waals surface area (Å²) in [4.78, 5) is 23.5. The Hall–Kier alpha value is -2.51. The second-order valence-corrected chi connectivity index (χ2v) is 7.51. The van der Waals surface area contributed by atoms with Crippen molar-refractivity contribution in [3.05, 3.63) is 58.4 Å². The van der Waals surface area contributed by atoms with Crippen molar-refractivity contribution in [1.29, 1.82) is 0 Å². The molecular formula is C19H16ClFN4OS. The van der Waals surface area contributed by atoms with Gasteiger partial charge in [-0.1, -0.05) is 11.6 Å². The quantitative estimate of drug-likeness (QED) is 0.677. The van der Waals surface area contributed by atoms with Crippen LogP contribution in [0.15, 0.2) is 41.9 Å². The third-order valence-electron chi connectivity index (χ3n) is 4.34. The Kier molecular flexibility index (Phi) is 5.05. The van der Waals surface area contributed by atoms with Gasteiger partial charge < -0.3 is 10.2 Å². The van der Waals surface area contributed by atoms with Gasteiger partial charge in [-0.25, -0.2) is 14.4 Å². The van der Waals surface area contributed by atoms with E-state index in [1.54, 1.807) is 11.6 Å². The van der Waals surface area contributed by atoms with E-state index in [2.05, 4.69) is 20.2 Å². The molecule has 1 aromatic carbocycles. The minimum Gasteiger partial charge on any atom is -0.357 e. The highest BCUT2D eigenvalue weighted by Gasteiger charge is 2.16. The highest BCUT2D eigenvalue weighted by Crippen LogP contribution is 2.26. The standard InChI is InChI=1S/C19H16ClFN4OS/c20-13-4-5-15(14(21)9-13)23-18(26)16-11-27-19(24-16)12-3-6-17(22-10-12)25-7-1-2-8-25/h3-6,9-11H,1-2,7-8H2,(H,23,26). The molecule has 5 nitrogen and oxygen atoms in total. The predicted octanol–water partition coefficient (Wildman–Crippen LogP) is 4.85.